The van der Waals surface area contributed by atoms with E-state index < -0.39 is 17.2 Å². The number of nitrogens with two attached hydrogens (primary N) is 1. The third-order valence-electron chi connectivity index (χ3n) is 6.68. The van der Waals surface area contributed by atoms with Gasteiger partial charge in [-0.25, -0.2) is 13.8 Å². The number of likely N-dealkylation sites (tertiary alicyclic amines) is 1. The minimum atomic E-state index is -0.939. The van der Waals surface area contributed by atoms with Gasteiger partial charge < -0.3 is 20.1 Å². The smallest absolute Gasteiger partial charge is 0.246 e. The van der Waals surface area contributed by atoms with E-state index in [1.165, 1.54) is 20.3 Å². The number of amides is 1. The number of anilines is 1. The summed E-state index contributed by atoms with van der Waals surface area (Å²) in [7, 11) is 2.55. The van der Waals surface area contributed by atoms with Crippen LogP contribution in [-0.2, 0) is 4.79 Å². The van der Waals surface area contributed by atoms with E-state index in [0.717, 1.165) is 30.0 Å². The Balaban J connectivity index is 1.67. The molecule has 1 aliphatic heterocycles. The Morgan fingerprint density at radius 2 is 1.89 bits per heavy atom. The van der Waals surface area contributed by atoms with E-state index in [4.69, 9.17) is 20.3 Å². The molecule has 3 heterocycles. The van der Waals surface area contributed by atoms with E-state index in [2.05, 4.69) is 23.4 Å². The maximum atomic E-state index is 14.9. The molecule has 3 aromatic rings. The van der Waals surface area contributed by atoms with Gasteiger partial charge in [0.05, 0.1) is 31.2 Å². The van der Waals surface area contributed by atoms with Gasteiger partial charge in [-0.05, 0) is 42.7 Å². The predicted molar refractivity (Wildman–Crippen MR) is 130 cm³/mol. The molecule has 0 radical (unpaired) electrons. The molecule has 1 saturated carbocycles. The number of ether oxygens (including phenoxy) is 2. The van der Waals surface area contributed by atoms with Gasteiger partial charge in [0.15, 0.2) is 23.1 Å². The van der Waals surface area contributed by atoms with Crippen molar-refractivity contribution in [1.82, 2.24) is 19.7 Å². The van der Waals surface area contributed by atoms with Gasteiger partial charge in [-0.1, -0.05) is 12.5 Å². The number of hydrogen-bond donors (Lipinski definition) is 1. The number of halogens is 2. The van der Waals surface area contributed by atoms with Crippen LogP contribution in [0.2, 0.25) is 0 Å². The number of aromatic nitrogens is 3. The highest BCUT2D eigenvalue weighted by Crippen LogP contribution is 2.45. The summed E-state index contributed by atoms with van der Waals surface area (Å²) in [5.74, 6) is 3.55. The molecule has 10 heteroatoms. The van der Waals surface area contributed by atoms with Crippen molar-refractivity contribution < 1.29 is 23.0 Å². The van der Waals surface area contributed by atoms with Crippen LogP contribution in [0.5, 0.6) is 11.5 Å². The fourth-order valence-corrected chi connectivity index (χ4v) is 4.65. The van der Waals surface area contributed by atoms with Gasteiger partial charge in [-0.3, -0.25) is 9.48 Å². The molecule has 1 amide bonds. The van der Waals surface area contributed by atoms with Crippen molar-refractivity contribution in [3.63, 3.8) is 0 Å². The molecule has 2 fully saturated rings. The van der Waals surface area contributed by atoms with Crippen LogP contribution in [0.3, 0.4) is 0 Å². The maximum absolute atomic E-state index is 14.9. The fourth-order valence-electron chi connectivity index (χ4n) is 4.65. The summed E-state index contributed by atoms with van der Waals surface area (Å²) in [6.45, 7) is 4.59. The summed E-state index contributed by atoms with van der Waals surface area (Å²) in [6, 6.07) is 1.01. The Labute approximate surface area is 206 Å². The summed E-state index contributed by atoms with van der Waals surface area (Å²) < 4.78 is 41.7. The van der Waals surface area contributed by atoms with Crippen LogP contribution in [0.1, 0.15) is 48.0 Å². The SMILES string of the molecule is C=CC(=O)N1CCC(n2nc(C#Cc3c(F)c(OC)cc(OC)c3F)c3c(N)ncc(C4CC4)c32)C1. The number of carbonyl (C=O) groups is 1. The van der Waals surface area contributed by atoms with Crippen molar-refractivity contribution in [2.24, 2.45) is 0 Å². The van der Waals surface area contributed by atoms with E-state index in [0.29, 0.717) is 30.8 Å². The minimum Gasteiger partial charge on any atom is -0.493 e. The first-order valence-corrected chi connectivity index (χ1v) is 11.6. The molecule has 1 atom stereocenters. The van der Waals surface area contributed by atoms with Crippen LogP contribution in [0.25, 0.3) is 10.9 Å². The lowest BCUT2D eigenvalue weighted by atomic mass is 10.1. The Kier molecular flexibility index (Phi) is 6.00. The summed E-state index contributed by atoms with van der Waals surface area (Å²) in [5.41, 5.74) is 7.85. The van der Waals surface area contributed by atoms with Crippen molar-refractivity contribution in [1.29, 1.82) is 0 Å². The number of nitrogen functional groups attached to an aromatic ring is 1. The molecule has 5 rings (SSSR count). The maximum Gasteiger partial charge on any atom is 0.246 e. The van der Waals surface area contributed by atoms with Crippen LogP contribution >= 0.6 is 0 Å². The number of benzene rings is 1. The molecule has 2 aliphatic rings. The number of methoxy groups -OCH3 is 2. The quantitative estimate of drug-likeness (QED) is 0.432. The lowest BCUT2D eigenvalue weighted by molar-refractivity contribution is -0.125. The molecular formula is C26H25F2N5O3. The average molecular weight is 494 g/mol. The van der Waals surface area contributed by atoms with Crippen molar-refractivity contribution in [2.45, 2.75) is 31.2 Å². The molecule has 2 aromatic heterocycles. The Morgan fingerprint density at radius 3 is 2.50 bits per heavy atom. The fraction of sp³-hybridized carbons (Fsp3) is 0.346. The second kappa shape index (κ2) is 9.15. The van der Waals surface area contributed by atoms with Gasteiger partial charge >= 0.3 is 0 Å². The Morgan fingerprint density at radius 1 is 1.19 bits per heavy atom. The molecule has 8 nitrogen and oxygen atoms in total. The zero-order chi connectivity index (χ0) is 25.6. The first-order chi connectivity index (χ1) is 17.4. The molecule has 1 saturated heterocycles. The summed E-state index contributed by atoms with van der Waals surface area (Å²) >= 11 is 0. The van der Waals surface area contributed by atoms with Crippen LogP contribution in [0.15, 0.2) is 24.9 Å². The van der Waals surface area contributed by atoms with Crippen molar-refractivity contribution in [2.75, 3.05) is 33.0 Å². The topological polar surface area (TPSA) is 95.5 Å². The zero-order valence-electron chi connectivity index (χ0n) is 20.0. The molecule has 186 valence electrons. The normalized spacial score (nSPS) is 17.1. The van der Waals surface area contributed by atoms with Crippen LogP contribution in [0.4, 0.5) is 14.6 Å². The van der Waals surface area contributed by atoms with Gasteiger partial charge in [-0.15, -0.1) is 0 Å². The van der Waals surface area contributed by atoms with Crippen molar-refractivity contribution >= 4 is 22.6 Å². The van der Waals surface area contributed by atoms with E-state index in [1.54, 1.807) is 11.1 Å². The van der Waals surface area contributed by atoms with Crippen molar-refractivity contribution in [3.8, 4) is 23.3 Å². The number of carbonyl (C=O) groups excluding carboxylic acids is 1. The Bertz CT molecular complexity index is 1420. The van der Waals surface area contributed by atoms with Gasteiger partial charge in [0.25, 0.3) is 0 Å². The third kappa shape index (κ3) is 3.90. The standard InChI is InChI=1S/C26H25F2N5O3/c1-4-21(34)32-10-9-15(13-32)33-25-17(14-5-6-14)12-30-26(29)22(25)18(31-33)8-7-16-23(27)19(35-2)11-20(36-3)24(16)28/h4,11-12,14-15H,1,5-6,9-10,13H2,2-3H3,(H2,29,30). The summed E-state index contributed by atoms with van der Waals surface area (Å²) in [5, 5.41) is 5.27. The highest BCUT2D eigenvalue weighted by molar-refractivity contribution is 5.96. The highest BCUT2D eigenvalue weighted by Gasteiger charge is 2.33. The molecule has 1 unspecified atom stereocenters. The van der Waals surface area contributed by atoms with Gasteiger partial charge in [0.1, 0.15) is 17.1 Å². The highest BCUT2D eigenvalue weighted by atomic mass is 19.1. The third-order valence-corrected chi connectivity index (χ3v) is 6.68. The van der Waals surface area contributed by atoms with E-state index >= 15 is 0 Å². The summed E-state index contributed by atoms with van der Waals surface area (Å²) in [4.78, 5) is 18.2. The molecule has 1 aliphatic carbocycles. The average Bonchev–Trinajstić information content (AvgIpc) is 3.47. The second-order valence-electron chi connectivity index (χ2n) is 8.85. The zero-order valence-corrected chi connectivity index (χ0v) is 20.0. The largest absolute Gasteiger partial charge is 0.493 e. The molecule has 36 heavy (non-hydrogen) atoms. The molecule has 1 aromatic carbocycles. The van der Waals surface area contributed by atoms with Gasteiger partial charge in [-0.2, -0.15) is 5.10 Å². The lowest BCUT2D eigenvalue weighted by Gasteiger charge is -2.16. The van der Waals surface area contributed by atoms with E-state index in [9.17, 15) is 13.6 Å². The predicted octanol–water partition coefficient (Wildman–Crippen LogP) is 3.55. The number of nitrogens with zero attached hydrogens (tertiary/aromatic N) is 4. The van der Waals surface area contributed by atoms with Gasteiger partial charge in [0.2, 0.25) is 5.91 Å². The van der Waals surface area contributed by atoms with Crippen molar-refractivity contribution in [3.05, 3.63) is 53.4 Å². The number of fused-ring (bicyclic) bond motifs is 1. The molecule has 2 N–H and O–H groups in total. The van der Waals surface area contributed by atoms with E-state index in [-0.39, 0.29) is 35.0 Å². The lowest BCUT2D eigenvalue weighted by Crippen LogP contribution is -2.27. The van der Waals surface area contributed by atoms with Crippen LogP contribution in [0, 0.1) is 23.5 Å². The van der Waals surface area contributed by atoms with Crippen LogP contribution in [-0.4, -0.2) is 52.9 Å². The monoisotopic (exact) mass is 493 g/mol. The number of hydrogen-bond acceptors (Lipinski definition) is 6. The first kappa shape index (κ1) is 23.6. The summed E-state index contributed by atoms with van der Waals surface area (Å²) in [6.07, 6.45) is 5.80. The number of rotatable bonds is 5. The van der Waals surface area contributed by atoms with Gasteiger partial charge in [0, 0.05) is 25.4 Å². The molecular weight excluding hydrogens is 468 g/mol. The number of pyridine rings is 1. The first-order valence-electron chi connectivity index (χ1n) is 11.6. The minimum absolute atomic E-state index is 0.114. The molecule has 0 spiro atoms. The Hall–Kier alpha value is -4.13. The second-order valence-corrected chi connectivity index (χ2v) is 8.85. The molecule has 0 bridgehead atoms. The van der Waals surface area contributed by atoms with Crippen LogP contribution < -0.4 is 15.2 Å². The van der Waals surface area contributed by atoms with E-state index in [1.807, 2.05) is 4.68 Å².